The molecule has 246 valence electrons. The van der Waals surface area contributed by atoms with Crippen LogP contribution >= 0.6 is 0 Å². The van der Waals surface area contributed by atoms with Gasteiger partial charge in [0.1, 0.15) is 13.1 Å². The van der Waals surface area contributed by atoms with Gasteiger partial charge in [-0.25, -0.2) is 0 Å². The van der Waals surface area contributed by atoms with Gasteiger partial charge in [0.15, 0.2) is 0 Å². The Hall–Kier alpha value is -5.74. The molecule has 0 unspecified atom stereocenters. The number of pyridine rings is 2. The minimum atomic E-state index is 1.02. The Bertz CT molecular complexity index is 2290. The van der Waals surface area contributed by atoms with Crippen LogP contribution in [0.2, 0.25) is 0 Å². The molecule has 0 saturated heterocycles. The van der Waals surface area contributed by atoms with Gasteiger partial charge in [-0.3, -0.25) is 0 Å². The molecule has 50 heavy (non-hydrogen) atoms. The second kappa shape index (κ2) is 14.8. The molecule has 0 spiro atoms. The van der Waals surface area contributed by atoms with Crippen molar-refractivity contribution in [2.45, 2.75) is 51.6 Å². The summed E-state index contributed by atoms with van der Waals surface area (Å²) in [6, 6.07) is 43.6. The molecule has 4 aromatic carbocycles. The maximum Gasteiger partial charge on any atom is 0.212 e. The van der Waals surface area contributed by atoms with Gasteiger partial charge in [0, 0.05) is 94.2 Å². The highest BCUT2D eigenvalue weighted by Crippen LogP contribution is 2.22. The number of aryl methyl sites for hydroxylation is 2. The highest BCUT2D eigenvalue weighted by molar-refractivity contribution is 5.92. The monoisotopic (exact) mass is 652 g/mol. The highest BCUT2D eigenvalue weighted by Gasteiger charge is 2.15. The van der Waals surface area contributed by atoms with E-state index in [1.54, 1.807) is 0 Å². The minimum Gasteiger partial charge on any atom is -0.361 e. The number of aromatic amines is 2. The molecule has 4 heterocycles. The van der Waals surface area contributed by atoms with Crippen molar-refractivity contribution in [3.63, 3.8) is 0 Å². The Balaban J connectivity index is 0.890. The fourth-order valence-electron chi connectivity index (χ4n) is 7.41. The van der Waals surface area contributed by atoms with E-state index in [9.17, 15) is 0 Å². The van der Waals surface area contributed by atoms with Gasteiger partial charge in [0.2, 0.25) is 22.4 Å². The van der Waals surface area contributed by atoms with Crippen LogP contribution in [0.1, 0.15) is 61.0 Å². The van der Waals surface area contributed by atoms with E-state index in [2.05, 4.69) is 177 Å². The predicted octanol–water partition coefficient (Wildman–Crippen LogP) is 10.9. The smallest absolute Gasteiger partial charge is 0.212 e. The van der Waals surface area contributed by atoms with Crippen LogP contribution < -0.4 is 9.13 Å². The van der Waals surface area contributed by atoms with Crippen molar-refractivity contribution in [3.05, 3.63) is 156 Å². The third-order valence-corrected chi connectivity index (χ3v) is 10.1. The number of unbranched alkanes of at least 4 members (excludes halogenated alkanes) is 5. The molecule has 4 aromatic heterocycles. The van der Waals surface area contributed by atoms with Crippen LogP contribution in [0.3, 0.4) is 0 Å². The number of benzene rings is 4. The lowest BCUT2D eigenvalue weighted by Crippen LogP contribution is -2.38. The third-order valence-electron chi connectivity index (χ3n) is 10.1. The molecule has 0 atom stereocenters. The van der Waals surface area contributed by atoms with Crippen molar-refractivity contribution in [2.24, 2.45) is 0 Å². The van der Waals surface area contributed by atoms with Crippen LogP contribution in [0.25, 0.3) is 67.9 Å². The van der Waals surface area contributed by atoms with Gasteiger partial charge in [-0.15, -0.1) is 0 Å². The molecule has 2 N–H and O–H groups in total. The molecule has 0 bridgehead atoms. The molecule has 8 aromatic rings. The Morgan fingerprint density at radius 2 is 0.820 bits per heavy atom. The third kappa shape index (κ3) is 6.75. The van der Waals surface area contributed by atoms with Crippen LogP contribution in [0.15, 0.2) is 134 Å². The standard InChI is InChI=1S/C46H42N4/c1(3-13-31-49-39(27-23-35-15-5-11-21-45(35)49)29-25-37-33-47-43-19-9-7-17-41(37)43)2-4-14-32-50-40(28-24-36-16-6-12-22-46(36)50)30-26-38-34-48-44-20-10-8-18-42(38)44/h5-12,15-30,33-34H,1-4,13-14,31-32H2/p+2. The zero-order valence-electron chi connectivity index (χ0n) is 28.6. The second-order valence-corrected chi connectivity index (χ2v) is 13.3. The first-order valence-corrected chi connectivity index (χ1v) is 18.1. The van der Waals surface area contributed by atoms with E-state index in [0.29, 0.717) is 0 Å². The van der Waals surface area contributed by atoms with Crippen LogP contribution in [-0.2, 0) is 13.1 Å². The summed E-state index contributed by atoms with van der Waals surface area (Å²) in [6.45, 7) is 2.04. The van der Waals surface area contributed by atoms with Crippen molar-refractivity contribution in [1.29, 1.82) is 0 Å². The summed E-state index contributed by atoms with van der Waals surface area (Å²) in [5.74, 6) is 0. The molecular formula is C46H44N4+2. The first kappa shape index (κ1) is 31.5. The fourth-order valence-corrected chi connectivity index (χ4v) is 7.41. The summed E-state index contributed by atoms with van der Waals surface area (Å²) >= 11 is 0. The topological polar surface area (TPSA) is 39.3 Å². The molecule has 0 aliphatic rings. The van der Waals surface area contributed by atoms with Crippen LogP contribution in [-0.4, -0.2) is 9.97 Å². The van der Waals surface area contributed by atoms with E-state index in [0.717, 1.165) is 13.1 Å². The zero-order valence-corrected chi connectivity index (χ0v) is 28.6. The van der Waals surface area contributed by atoms with E-state index in [-0.39, 0.29) is 0 Å². The highest BCUT2D eigenvalue weighted by atomic mass is 15.0. The Kier molecular flexibility index (Phi) is 9.33. The quantitative estimate of drug-likeness (QED) is 0.0919. The number of hydrogen-bond acceptors (Lipinski definition) is 0. The van der Waals surface area contributed by atoms with Gasteiger partial charge in [0.25, 0.3) is 0 Å². The van der Waals surface area contributed by atoms with E-state index in [1.165, 1.54) is 105 Å². The molecular weight excluding hydrogens is 609 g/mol. The Morgan fingerprint density at radius 1 is 0.400 bits per heavy atom. The van der Waals surface area contributed by atoms with Gasteiger partial charge >= 0.3 is 0 Å². The number of para-hydroxylation sites is 4. The van der Waals surface area contributed by atoms with Crippen molar-refractivity contribution < 1.29 is 9.13 Å². The zero-order chi connectivity index (χ0) is 33.5. The number of rotatable bonds is 13. The number of nitrogens with one attached hydrogen (secondary N) is 2. The number of nitrogens with zero attached hydrogens (tertiary/aromatic N) is 2. The first-order valence-electron chi connectivity index (χ1n) is 18.1. The largest absolute Gasteiger partial charge is 0.361 e. The van der Waals surface area contributed by atoms with Gasteiger partial charge < -0.3 is 9.97 Å². The van der Waals surface area contributed by atoms with Crippen molar-refractivity contribution in [1.82, 2.24) is 9.97 Å². The summed E-state index contributed by atoms with van der Waals surface area (Å²) in [7, 11) is 0. The SMILES string of the molecule is C(=C\c1ccc2ccccc2[n+]1CCCCCCCC[n+]1c(/C=C/c2c[nH]c3ccccc23)ccc2ccccc21)/c1c[nH]c2ccccc12. The average molecular weight is 653 g/mol. The average Bonchev–Trinajstić information content (AvgIpc) is 3.78. The molecule has 4 heteroatoms. The van der Waals surface area contributed by atoms with E-state index in [4.69, 9.17) is 0 Å². The van der Waals surface area contributed by atoms with Gasteiger partial charge in [-0.05, 0) is 72.5 Å². The summed E-state index contributed by atoms with van der Waals surface area (Å²) in [5, 5.41) is 5.10. The number of aromatic nitrogens is 4. The molecule has 0 amide bonds. The van der Waals surface area contributed by atoms with Crippen LogP contribution in [0, 0.1) is 0 Å². The van der Waals surface area contributed by atoms with Gasteiger partial charge in [-0.2, -0.15) is 9.13 Å². The van der Waals surface area contributed by atoms with Crippen LogP contribution in [0.5, 0.6) is 0 Å². The molecule has 4 nitrogen and oxygen atoms in total. The normalized spacial score (nSPS) is 12.1. The lowest BCUT2D eigenvalue weighted by Gasteiger charge is -2.07. The fraction of sp³-hybridized carbons (Fsp3) is 0.174. The molecule has 0 fully saturated rings. The number of fused-ring (bicyclic) bond motifs is 4. The summed E-state index contributed by atoms with van der Waals surface area (Å²) in [6.07, 6.45) is 20.6. The lowest BCUT2D eigenvalue weighted by atomic mass is 10.1. The van der Waals surface area contributed by atoms with Crippen molar-refractivity contribution in [3.8, 4) is 0 Å². The van der Waals surface area contributed by atoms with E-state index < -0.39 is 0 Å². The minimum absolute atomic E-state index is 1.02. The molecule has 0 aliphatic heterocycles. The maximum absolute atomic E-state index is 3.40. The second-order valence-electron chi connectivity index (χ2n) is 13.3. The molecule has 0 aliphatic carbocycles. The summed E-state index contributed by atoms with van der Waals surface area (Å²) < 4.78 is 5.01. The van der Waals surface area contributed by atoms with Crippen LogP contribution in [0.4, 0.5) is 0 Å². The summed E-state index contributed by atoms with van der Waals surface area (Å²) in [5.41, 5.74) is 9.89. The first-order chi connectivity index (χ1) is 24.8. The van der Waals surface area contributed by atoms with E-state index in [1.807, 2.05) is 0 Å². The maximum atomic E-state index is 3.40. The molecule has 8 rings (SSSR count). The predicted molar refractivity (Wildman–Crippen MR) is 210 cm³/mol. The van der Waals surface area contributed by atoms with Gasteiger partial charge in [0.05, 0.1) is 0 Å². The number of hydrogen-bond donors (Lipinski definition) is 2. The Labute approximate surface area is 294 Å². The summed E-state index contributed by atoms with van der Waals surface area (Å²) in [4.78, 5) is 6.81. The van der Waals surface area contributed by atoms with Crippen molar-refractivity contribution >= 4 is 67.9 Å². The Morgan fingerprint density at radius 3 is 1.32 bits per heavy atom. The van der Waals surface area contributed by atoms with Crippen molar-refractivity contribution in [2.75, 3.05) is 0 Å². The molecule has 0 saturated carbocycles. The number of H-pyrrole nitrogens is 2. The molecule has 0 radical (unpaired) electrons. The lowest BCUT2D eigenvalue weighted by molar-refractivity contribution is -0.673. The van der Waals surface area contributed by atoms with E-state index >= 15 is 0 Å². The van der Waals surface area contributed by atoms with Gasteiger partial charge in [-0.1, -0.05) is 73.5 Å².